The van der Waals surface area contributed by atoms with Gasteiger partial charge in [0.15, 0.2) is 11.9 Å². The molecule has 0 amide bonds. The van der Waals surface area contributed by atoms with Gasteiger partial charge in [-0.2, -0.15) is 13.2 Å². The molecule has 25 heavy (non-hydrogen) atoms. The number of alkyl halides is 3. The van der Waals surface area contributed by atoms with Crippen molar-refractivity contribution in [1.82, 2.24) is 0 Å². The van der Waals surface area contributed by atoms with Crippen LogP contribution in [0, 0.1) is 0 Å². The fraction of sp³-hybridized carbons (Fsp3) is 0.333. The number of benzene rings is 1. The van der Waals surface area contributed by atoms with Crippen molar-refractivity contribution in [2.75, 3.05) is 0 Å². The highest BCUT2D eigenvalue weighted by atomic mass is 19.4. The van der Waals surface area contributed by atoms with Crippen molar-refractivity contribution in [3.8, 4) is 11.3 Å². The first-order chi connectivity index (χ1) is 11.8. The van der Waals surface area contributed by atoms with Crippen LogP contribution >= 0.6 is 0 Å². The zero-order valence-electron chi connectivity index (χ0n) is 13.1. The Kier molecular flexibility index (Phi) is 4.65. The van der Waals surface area contributed by atoms with E-state index < -0.39 is 23.8 Å². The number of ether oxygens (including phenoxy) is 1. The van der Waals surface area contributed by atoms with E-state index in [0.29, 0.717) is 12.8 Å². The van der Waals surface area contributed by atoms with Gasteiger partial charge in [0.2, 0.25) is 5.76 Å². The fourth-order valence-electron chi connectivity index (χ4n) is 2.71. The topological polar surface area (TPSA) is 56.5 Å². The average molecular weight is 352 g/mol. The van der Waals surface area contributed by atoms with Gasteiger partial charge in [-0.15, -0.1) is 0 Å². The standard InChI is InChI=1S/C18H15F3O4/c19-18(20,21)12-5-3-4-11(10-12)14-8-9-16(24-14)17(23)25-15-7-2-1-6-13(15)22/h3-5,8-10,15H,1-2,6-7H2/t15-/m1/s1. The zero-order chi connectivity index (χ0) is 18.0. The lowest BCUT2D eigenvalue weighted by Crippen LogP contribution is -2.30. The molecule has 1 aromatic heterocycles. The highest BCUT2D eigenvalue weighted by Crippen LogP contribution is 2.32. The van der Waals surface area contributed by atoms with E-state index in [2.05, 4.69) is 0 Å². The maximum atomic E-state index is 12.8. The van der Waals surface area contributed by atoms with E-state index in [0.717, 1.165) is 25.0 Å². The number of carbonyl (C=O) groups excluding carboxylic acids is 2. The Morgan fingerprint density at radius 1 is 1.16 bits per heavy atom. The maximum absolute atomic E-state index is 12.8. The van der Waals surface area contributed by atoms with Crippen LogP contribution in [0.5, 0.6) is 0 Å². The Hall–Kier alpha value is -2.57. The first-order valence-corrected chi connectivity index (χ1v) is 7.86. The molecule has 1 saturated carbocycles. The van der Waals surface area contributed by atoms with Crippen LogP contribution in [0.4, 0.5) is 13.2 Å². The molecule has 1 aromatic carbocycles. The number of hydrogen-bond acceptors (Lipinski definition) is 4. The molecule has 0 spiro atoms. The van der Waals surface area contributed by atoms with Crippen LogP contribution in [0.1, 0.15) is 41.8 Å². The molecule has 1 atom stereocenters. The van der Waals surface area contributed by atoms with Gasteiger partial charge >= 0.3 is 12.1 Å². The number of rotatable bonds is 3. The zero-order valence-corrected chi connectivity index (χ0v) is 13.1. The Labute approximate surface area is 141 Å². The summed E-state index contributed by atoms with van der Waals surface area (Å²) < 4.78 is 48.8. The molecule has 0 bridgehead atoms. The van der Waals surface area contributed by atoms with Gasteiger partial charge in [0, 0.05) is 12.0 Å². The lowest BCUT2D eigenvalue weighted by Gasteiger charge is -2.19. The predicted molar refractivity (Wildman–Crippen MR) is 81.8 cm³/mol. The van der Waals surface area contributed by atoms with E-state index >= 15 is 0 Å². The Morgan fingerprint density at radius 3 is 2.68 bits per heavy atom. The van der Waals surface area contributed by atoms with Crippen LogP contribution in [0.25, 0.3) is 11.3 Å². The maximum Gasteiger partial charge on any atom is 0.416 e. The Bertz CT molecular complexity index is 792. The van der Waals surface area contributed by atoms with E-state index in [4.69, 9.17) is 9.15 Å². The molecular formula is C18H15F3O4. The van der Waals surface area contributed by atoms with Gasteiger partial charge in [0.1, 0.15) is 5.76 Å². The summed E-state index contributed by atoms with van der Waals surface area (Å²) in [6, 6.07) is 7.34. The largest absolute Gasteiger partial charge is 0.449 e. The quantitative estimate of drug-likeness (QED) is 0.756. The van der Waals surface area contributed by atoms with Gasteiger partial charge in [0.05, 0.1) is 5.56 Å². The Morgan fingerprint density at radius 2 is 1.96 bits per heavy atom. The number of hydrogen-bond donors (Lipinski definition) is 0. The predicted octanol–water partition coefficient (Wildman–Crippen LogP) is 4.63. The van der Waals surface area contributed by atoms with E-state index in [1.54, 1.807) is 0 Å². The molecule has 1 heterocycles. The van der Waals surface area contributed by atoms with Crippen molar-refractivity contribution in [3.63, 3.8) is 0 Å². The molecule has 0 N–H and O–H groups in total. The highest BCUT2D eigenvalue weighted by molar-refractivity contribution is 5.91. The van der Waals surface area contributed by atoms with Crippen molar-refractivity contribution >= 4 is 11.8 Å². The number of furan rings is 1. The summed E-state index contributed by atoms with van der Waals surface area (Å²) in [5.74, 6) is -0.943. The van der Waals surface area contributed by atoms with Crippen LogP contribution in [-0.4, -0.2) is 17.9 Å². The van der Waals surface area contributed by atoms with Crippen molar-refractivity contribution in [2.45, 2.75) is 38.0 Å². The van der Waals surface area contributed by atoms with E-state index in [1.807, 2.05) is 0 Å². The van der Waals surface area contributed by atoms with Crippen LogP contribution in [-0.2, 0) is 15.7 Å². The van der Waals surface area contributed by atoms with Crippen molar-refractivity contribution in [2.24, 2.45) is 0 Å². The van der Waals surface area contributed by atoms with Crippen LogP contribution < -0.4 is 0 Å². The summed E-state index contributed by atoms with van der Waals surface area (Å²) in [6.07, 6.45) is -2.79. The molecule has 0 saturated heterocycles. The minimum Gasteiger partial charge on any atom is -0.449 e. The molecule has 1 aliphatic rings. The minimum atomic E-state index is -4.47. The third kappa shape index (κ3) is 3.92. The number of halogens is 3. The summed E-state index contributed by atoms with van der Waals surface area (Å²) >= 11 is 0. The Balaban J connectivity index is 1.76. The van der Waals surface area contributed by atoms with Gasteiger partial charge < -0.3 is 9.15 Å². The number of esters is 1. The summed E-state index contributed by atoms with van der Waals surface area (Å²) in [5.41, 5.74) is -0.610. The first-order valence-electron chi connectivity index (χ1n) is 7.86. The molecule has 0 radical (unpaired) electrons. The molecule has 7 heteroatoms. The average Bonchev–Trinajstić information content (AvgIpc) is 3.06. The lowest BCUT2D eigenvalue weighted by molar-refractivity contribution is -0.137. The highest BCUT2D eigenvalue weighted by Gasteiger charge is 2.31. The molecule has 0 aliphatic heterocycles. The van der Waals surface area contributed by atoms with E-state index in [-0.39, 0.29) is 22.9 Å². The molecule has 2 aromatic rings. The first kappa shape index (κ1) is 17.3. The van der Waals surface area contributed by atoms with Gasteiger partial charge in [0.25, 0.3) is 0 Å². The van der Waals surface area contributed by atoms with E-state index in [1.165, 1.54) is 24.3 Å². The third-order valence-electron chi connectivity index (χ3n) is 4.03. The second-order valence-electron chi connectivity index (χ2n) is 5.85. The normalized spacial score (nSPS) is 18.2. The molecular weight excluding hydrogens is 337 g/mol. The second kappa shape index (κ2) is 6.74. The van der Waals surface area contributed by atoms with Crippen LogP contribution in [0.2, 0.25) is 0 Å². The molecule has 1 aliphatic carbocycles. The SMILES string of the molecule is O=C(O[C@@H]1CCCCC1=O)c1ccc(-c2cccc(C(F)(F)F)c2)o1. The summed E-state index contributed by atoms with van der Waals surface area (Å²) in [4.78, 5) is 23.8. The van der Waals surface area contributed by atoms with E-state index in [9.17, 15) is 22.8 Å². The van der Waals surface area contributed by atoms with Crippen LogP contribution in [0.15, 0.2) is 40.8 Å². The minimum absolute atomic E-state index is 0.119. The lowest BCUT2D eigenvalue weighted by atomic mass is 9.96. The smallest absolute Gasteiger partial charge is 0.416 e. The van der Waals surface area contributed by atoms with Crippen molar-refractivity contribution in [3.05, 3.63) is 47.7 Å². The molecule has 4 nitrogen and oxygen atoms in total. The van der Waals surface area contributed by atoms with Gasteiger partial charge in [-0.1, -0.05) is 12.1 Å². The number of Topliss-reactive ketones (excluding diaryl/α,β-unsaturated/α-hetero) is 1. The summed E-state index contributed by atoms with van der Waals surface area (Å²) in [6.45, 7) is 0. The molecule has 132 valence electrons. The van der Waals surface area contributed by atoms with Crippen LogP contribution in [0.3, 0.4) is 0 Å². The van der Waals surface area contributed by atoms with Gasteiger partial charge in [-0.3, -0.25) is 4.79 Å². The van der Waals surface area contributed by atoms with Gasteiger partial charge in [-0.05, 0) is 43.5 Å². The van der Waals surface area contributed by atoms with Gasteiger partial charge in [-0.25, -0.2) is 4.79 Å². The van der Waals surface area contributed by atoms with Crippen molar-refractivity contribution in [1.29, 1.82) is 0 Å². The fourth-order valence-corrected chi connectivity index (χ4v) is 2.71. The summed E-state index contributed by atoms with van der Waals surface area (Å²) in [7, 11) is 0. The van der Waals surface area contributed by atoms with Crippen molar-refractivity contribution < 1.29 is 31.9 Å². The third-order valence-corrected chi connectivity index (χ3v) is 4.03. The monoisotopic (exact) mass is 352 g/mol. The second-order valence-corrected chi connectivity index (χ2v) is 5.85. The molecule has 0 unspecified atom stereocenters. The number of carbonyl (C=O) groups is 2. The molecule has 1 fully saturated rings. The summed E-state index contributed by atoms with van der Waals surface area (Å²) in [5, 5.41) is 0. The molecule has 3 rings (SSSR count). The number of ketones is 1.